The van der Waals surface area contributed by atoms with Gasteiger partial charge in [0.05, 0.1) is 23.0 Å². The Kier molecular flexibility index (Phi) is 8.94. The third kappa shape index (κ3) is 6.69. The van der Waals surface area contributed by atoms with Crippen LogP contribution in [0.5, 0.6) is 11.9 Å². The van der Waals surface area contributed by atoms with E-state index in [4.69, 9.17) is 21.1 Å². The molecule has 11 heteroatoms. The summed E-state index contributed by atoms with van der Waals surface area (Å²) in [4.78, 5) is 16.7. The fourth-order valence-electron chi connectivity index (χ4n) is 2.32. The summed E-state index contributed by atoms with van der Waals surface area (Å²) in [5, 5.41) is 0.449. The lowest BCUT2D eigenvalue weighted by Gasteiger charge is -2.15. The summed E-state index contributed by atoms with van der Waals surface area (Å²) in [5.41, 5.74) is 1.69. The monoisotopic (exact) mass is 510 g/mol. The van der Waals surface area contributed by atoms with Gasteiger partial charge in [-0.2, -0.15) is 0 Å². The minimum atomic E-state index is 0.236. The van der Waals surface area contributed by atoms with Crippen molar-refractivity contribution in [3.63, 3.8) is 0 Å². The number of rotatable bonds is 11. The van der Waals surface area contributed by atoms with Crippen molar-refractivity contribution in [1.82, 2.24) is 24.7 Å². The molecule has 0 bridgehead atoms. The van der Waals surface area contributed by atoms with Gasteiger partial charge in [0, 0.05) is 23.2 Å². The SMILES string of the molecule is CCCNSNc1ncnc(OCCOc2ncc(Cl)cn2)c1-c1ccc(Br)cc1. The van der Waals surface area contributed by atoms with Gasteiger partial charge in [-0.3, -0.25) is 0 Å². The first-order valence-corrected chi connectivity index (χ1v) is 11.1. The number of aromatic nitrogens is 4. The molecule has 8 nitrogen and oxygen atoms in total. The number of hydrogen-bond donors (Lipinski definition) is 2. The van der Waals surface area contributed by atoms with Crippen molar-refractivity contribution < 1.29 is 9.47 Å². The van der Waals surface area contributed by atoms with E-state index in [-0.39, 0.29) is 19.2 Å². The van der Waals surface area contributed by atoms with E-state index >= 15 is 0 Å². The summed E-state index contributed by atoms with van der Waals surface area (Å²) >= 11 is 10.6. The molecule has 0 fully saturated rings. The van der Waals surface area contributed by atoms with Crippen LogP contribution in [0.15, 0.2) is 47.5 Å². The maximum absolute atomic E-state index is 5.90. The van der Waals surface area contributed by atoms with E-state index < -0.39 is 0 Å². The van der Waals surface area contributed by atoms with Crippen LogP contribution < -0.4 is 18.9 Å². The molecule has 30 heavy (non-hydrogen) atoms. The fraction of sp³-hybridized carbons (Fsp3) is 0.263. The first kappa shape index (κ1) is 22.5. The lowest BCUT2D eigenvalue weighted by atomic mass is 10.1. The van der Waals surface area contributed by atoms with E-state index in [0.717, 1.165) is 28.6 Å². The largest absolute Gasteiger partial charge is 0.473 e. The zero-order valence-electron chi connectivity index (χ0n) is 16.1. The normalized spacial score (nSPS) is 10.6. The molecular weight excluding hydrogens is 492 g/mol. The van der Waals surface area contributed by atoms with Crippen LogP contribution in [0, 0.1) is 0 Å². The quantitative estimate of drug-likeness (QED) is 0.278. The molecule has 0 saturated heterocycles. The number of benzene rings is 1. The zero-order valence-corrected chi connectivity index (χ0v) is 19.3. The Bertz CT molecular complexity index is 933. The molecule has 2 N–H and O–H groups in total. The summed E-state index contributed by atoms with van der Waals surface area (Å²) in [6.45, 7) is 3.49. The van der Waals surface area contributed by atoms with Crippen molar-refractivity contribution in [2.75, 3.05) is 24.5 Å². The number of halogens is 2. The molecule has 0 aliphatic rings. The second-order valence-corrected chi connectivity index (χ2v) is 7.94. The van der Waals surface area contributed by atoms with Crippen LogP contribution in [-0.2, 0) is 0 Å². The third-order valence-electron chi connectivity index (χ3n) is 3.67. The molecule has 0 unspecified atom stereocenters. The van der Waals surface area contributed by atoms with Crippen molar-refractivity contribution in [2.45, 2.75) is 13.3 Å². The van der Waals surface area contributed by atoms with Crippen LogP contribution in [-0.4, -0.2) is 39.7 Å². The van der Waals surface area contributed by atoms with Gasteiger partial charge in [0.2, 0.25) is 5.88 Å². The fourth-order valence-corrected chi connectivity index (χ4v) is 3.31. The molecule has 2 heterocycles. The first-order valence-electron chi connectivity index (χ1n) is 9.16. The maximum Gasteiger partial charge on any atom is 0.316 e. The molecule has 0 saturated carbocycles. The van der Waals surface area contributed by atoms with E-state index in [0.29, 0.717) is 16.7 Å². The van der Waals surface area contributed by atoms with Gasteiger partial charge in [-0.15, -0.1) is 0 Å². The highest BCUT2D eigenvalue weighted by Crippen LogP contribution is 2.35. The number of nitrogens with zero attached hydrogens (tertiary/aromatic N) is 4. The van der Waals surface area contributed by atoms with E-state index in [2.05, 4.69) is 52.2 Å². The minimum Gasteiger partial charge on any atom is -0.473 e. The molecule has 0 aliphatic carbocycles. The molecule has 0 amide bonds. The number of hydrogen-bond acceptors (Lipinski definition) is 9. The summed E-state index contributed by atoms with van der Waals surface area (Å²) in [6.07, 6.45) is 5.44. The molecule has 0 radical (unpaired) electrons. The number of ether oxygens (including phenoxy) is 2. The molecule has 0 aliphatic heterocycles. The molecule has 3 rings (SSSR count). The average Bonchev–Trinajstić information content (AvgIpc) is 2.76. The van der Waals surface area contributed by atoms with Crippen molar-refractivity contribution in [2.24, 2.45) is 0 Å². The Labute approximate surface area is 192 Å². The van der Waals surface area contributed by atoms with E-state index in [1.54, 1.807) is 0 Å². The summed E-state index contributed by atoms with van der Waals surface area (Å²) in [7, 11) is 0. The van der Waals surface area contributed by atoms with E-state index in [1.165, 1.54) is 30.9 Å². The van der Waals surface area contributed by atoms with Crippen molar-refractivity contribution >= 4 is 45.5 Å². The van der Waals surface area contributed by atoms with Crippen LogP contribution in [0.3, 0.4) is 0 Å². The van der Waals surface area contributed by atoms with Crippen molar-refractivity contribution in [3.8, 4) is 23.0 Å². The molecule has 0 spiro atoms. The minimum absolute atomic E-state index is 0.236. The van der Waals surface area contributed by atoms with Crippen LogP contribution in [0.25, 0.3) is 11.1 Å². The van der Waals surface area contributed by atoms with Crippen LogP contribution in [0.4, 0.5) is 5.82 Å². The number of nitrogens with one attached hydrogen (secondary N) is 2. The second kappa shape index (κ2) is 11.9. The molecular formula is C19H20BrClN6O2S. The third-order valence-corrected chi connectivity index (χ3v) is 5.03. The van der Waals surface area contributed by atoms with Gasteiger partial charge in [0.25, 0.3) is 0 Å². The van der Waals surface area contributed by atoms with Gasteiger partial charge < -0.3 is 14.2 Å². The van der Waals surface area contributed by atoms with Crippen molar-refractivity contribution in [3.05, 3.63) is 52.5 Å². The lowest BCUT2D eigenvalue weighted by molar-refractivity contribution is 0.202. The molecule has 2 aromatic heterocycles. The van der Waals surface area contributed by atoms with Gasteiger partial charge >= 0.3 is 6.01 Å². The Morgan fingerprint density at radius 3 is 2.50 bits per heavy atom. The number of anilines is 1. The van der Waals surface area contributed by atoms with Gasteiger partial charge in [0.1, 0.15) is 19.5 Å². The highest BCUT2D eigenvalue weighted by molar-refractivity contribution is 9.10. The Morgan fingerprint density at radius 2 is 1.77 bits per heavy atom. The Morgan fingerprint density at radius 1 is 1.03 bits per heavy atom. The highest BCUT2D eigenvalue weighted by atomic mass is 79.9. The van der Waals surface area contributed by atoms with Gasteiger partial charge in [-0.1, -0.05) is 46.6 Å². The summed E-state index contributed by atoms with van der Waals surface area (Å²) in [6, 6.07) is 8.10. The van der Waals surface area contributed by atoms with E-state index in [1.807, 2.05) is 24.3 Å². The van der Waals surface area contributed by atoms with Crippen LogP contribution in [0.1, 0.15) is 13.3 Å². The molecule has 0 atom stereocenters. The lowest BCUT2D eigenvalue weighted by Crippen LogP contribution is -2.13. The summed E-state index contributed by atoms with van der Waals surface area (Å²) < 4.78 is 18.8. The molecule has 1 aromatic carbocycles. The summed E-state index contributed by atoms with van der Waals surface area (Å²) in [5.74, 6) is 1.10. The van der Waals surface area contributed by atoms with Gasteiger partial charge in [-0.05, 0) is 24.1 Å². The molecule has 158 valence electrons. The van der Waals surface area contributed by atoms with Crippen LogP contribution >= 0.6 is 39.7 Å². The first-order chi connectivity index (χ1) is 14.7. The van der Waals surface area contributed by atoms with Crippen LogP contribution in [0.2, 0.25) is 5.02 Å². The Balaban J connectivity index is 1.71. The second-order valence-electron chi connectivity index (χ2n) is 5.89. The van der Waals surface area contributed by atoms with Gasteiger partial charge in [0.15, 0.2) is 5.82 Å². The highest BCUT2D eigenvalue weighted by Gasteiger charge is 2.15. The topological polar surface area (TPSA) is 94.1 Å². The van der Waals surface area contributed by atoms with Gasteiger partial charge in [-0.25, -0.2) is 24.7 Å². The van der Waals surface area contributed by atoms with Crippen molar-refractivity contribution in [1.29, 1.82) is 0 Å². The zero-order chi connectivity index (χ0) is 21.2. The average molecular weight is 512 g/mol. The maximum atomic E-state index is 5.90. The molecule has 3 aromatic rings. The predicted molar refractivity (Wildman–Crippen MR) is 123 cm³/mol. The Hall–Kier alpha value is -2.14. The predicted octanol–water partition coefficient (Wildman–Crippen LogP) is 4.78. The standard InChI is InChI=1S/C19H20BrClN6O2S/c1-2-7-26-30-27-17-16(13-3-5-14(20)6-4-13)18(25-12-24-17)28-8-9-29-19-22-10-15(21)11-23-19/h3-6,10-12,26H,2,7-9H2,1H3,(H,24,25,27). The van der Waals surface area contributed by atoms with E-state index in [9.17, 15) is 0 Å². The smallest absolute Gasteiger partial charge is 0.316 e.